The van der Waals surface area contributed by atoms with E-state index in [4.69, 9.17) is 28.9 Å². The number of halogens is 4. The van der Waals surface area contributed by atoms with Crippen LogP contribution in [0, 0.1) is 11.6 Å². The zero-order valence-corrected chi connectivity index (χ0v) is 20.9. The van der Waals surface area contributed by atoms with Crippen molar-refractivity contribution in [2.45, 2.75) is 42.3 Å². The Kier molecular flexibility index (Phi) is 6.22. The van der Waals surface area contributed by atoms with Gasteiger partial charge in [-0.3, -0.25) is 14.5 Å². The lowest BCUT2D eigenvalue weighted by Crippen LogP contribution is -2.66. The van der Waals surface area contributed by atoms with Gasteiger partial charge in [0.25, 0.3) is 10.0 Å². The fraction of sp³-hybridized carbons (Fsp3) is 0.304. The number of nitrogens with zero attached hydrogens (tertiary/aromatic N) is 3. The van der Waals surface area contributed by atoms with Crippen LogP contribution in [0.3, 0.4) is 0 Å². The Hall–Kier alpha value is -2.73. The number of amides is 2. The lowest BCUT2D eigenvalue weighted by atomic mass is 9.99. The lowest BCUT2D eigenvalue weighted by Gasteiger charge is -2.47. The van der Waals surface area contributed by atoms with E-state index in [0.29, 0.717) is 12.8 Å². The Morgan fingerprint density at radius 3 is 2.36 bits per heavy atom. The minimum absolute atomic E-state index is 0.0631. The van der Waals surface area contributed by atoms with Crippen LogP contribution < -0.4 is 5.73 Å². The molecule has 13 heteroatoms. The van der Waals surface area contributed by atoms with Gasteiger partial charge in [0.2, 0.25) is 11.8 Å². The summed E-state index contributed by atoms with van der Waals surface area (Å²) in [4.78, 5) is 28.9. The van der Waals surface area contributed by atoms with Crippen LogP contribution in [-0.4, -0.2) is 59.0 Å². The summed E-state index contributed by atoms with van der Waals surface area (Å²) in [7, 11) is -4.34. The average molecular weight is 557 g/mol. The minimum Gasteiger partial charge on any atom is -0.318 e. The van der Waals surface area contributed by atoms with Crippen molar-refractivity contribution in [2.24, 2.45) is 5.73 Å². The van der Waals surface area contributed by atoms with Gasteiger partial charge in [0, 0.05) is 23.7 Å². The highest BCUT2D eigenvalue weighted by Crippen LogP contribution is 2.38. The van der Waals surface area contributed by atoms with Crippen LogP contribution in [0.2, 0.25) is 10.0 Å². The maximum atomic E-state index is 13.9. The minimum atomic E-state index is -4.34. The molecule has 2 amide bonds. The molecule has 0 aromatic heterocycles. The number of fused-ring (bicyclic) bond motifs is 1. The first-order valence-corrected chi connectivity index (χ1v) is 13.2. The van der Waals surface area contributed by atoms with Gasteiger partial charge < -0.3 is 10.6 Å². The molecule has 2 aliphatic heterocycles. The SMILES string of the molecule is NC1CN(S(=O)(=O)c2ccc(Cl)cc2Cl)C2=CN(C3CC3)C(=O)C(Cc3ccc(F)c(F)c3)N2C1=O. The summed E-state index contributed by atoms with van der Waals surface area (Å²) >= 11 is 12.1. The second-order valence-electron chi connectivity index (χ2n) is 8.86. The predicted molar refractivity (Wildman–Crippen MR) is 127 cm³/mol. The molecule has 2 atom stereocenters. The summed E-state index contributed by atoms with van der Waals surface area (Å²) in [6, 6.07) is 4.42. The first-order chi connectivity index (χ1) is 17.0. The Morgan fingerprint density at radius 2 is 1.72 bits per heavy atom. The largest absolute Gasteiger partial charge is 0.318 e. The number of hydrogen-bond acceptors (Lipinski definition) is 5. The summed E-state index contributed by atoms with van der Waals surface area (Å²) in [5.74, 6) is -3.34. The molecule has 1 saturated heterocycles. The summed E-state index contributed by atoms with van der Waals surface area (Å²) in [6.45, 7) is -0.382. The summed E-state index contributed by atoms with van der Waals surface area (Å²) in [5, 5.41) is 0.115. The first-order valence-electron chi connectivity index (χ1n) is 11.0. The van der Waals surface area contributed by atoms with E-state index >= 15 is 0 Å². The quantitative estimate of drug-likeness (QED) is 0.609. The normalized spacial score (nSPS) is 22.6. The molecule has 2 fully saturated rings. The van der Waals surface area contributed by atoms with E-state index in [2.05, 4.69) is 0 Å². The molecule has 3 aliphatic rings. The Morgan fingerprint density at radius 1 is 1.00 bits per heavy atom. The van der Waals surface area contributed by atoms with Gasteiger partial charge in [0.15, 0.2) is 11.6 Å². The van der Waals surface area contributed by atoms with E-state index in [1.807, 2.05) is 0 Å². The van der Waals surface area contributed by atoms with Gasteiger partial charge in [-0.1, -0.05) is 29.3 Å². The van der Waals surface area contributed by atoms with Crippen LogP contribution >= 0.6 is 23.2 Å². The second-order valence-corrected chi connectivity index (χ2v) is 11.5. The van der Waals surface area contributed by atoms with Crippen molar-refractivity contribution in [1.82, 2.24) is 14.1 Å². The van der Waals surface area contributed by atoms with Crippen LogP contribution in [-0.2, 0) is 26.0 Å². The molecule has 2 aromatic rings. The van der Waals surface area contributed by atoms with Gasteiger partial charge in [-0.2, -0.15) is 0 Å². The second kappa shape index (κ2) is 8.98. The van der Waals surface area contributed by atoms with Crippen molar-refractivity contribution in [2.75, 3.05) is 6.54 Å². The highest BCUT2D eigenvalue weighted by atomic mass is 35.5. The molecule has 2 heterocycles. The van der Waals surface area contributed by atoms with Crippen LogP contribution in [0.5, 0.6) is 0 Å². The molecule has 0 bridgehead atoms. The predicted octanol–water partition coefficient (Wildman–Crippen LogP) is 2.85. The molecular weight excluding hydrogens is 537 g/mol. The topological polar surface area (TPSA) is 104 Å². The molecule has 5 rings (SSSR count). The average Bonchev–Trinajstić information content (AvgIpc) is 3.65. The van der Waals surface area contributed by atoms with Crippen LogP contribution in [0.25, 0.3) is 0 Å². The van der Waals surface area contributed by atoms with Crippen molar-refractivity contribution >= 4 is 45.0 Å². The lowest BCUT2D eigenvalue weighted by molar-refractivity contribution is -0.148. The maximum absolute atomic E-state index is 13.9. The van der Waals surface area contributed by atoms with Crippen LogP contribution in [0.4, 0.5) is 8.78 Å². The van der Waals surface area contributed by atoms with Gasteiger partial charge in [-0.05, 0) is 48.7 Å². The number of benzene rings is 2. The number of carbonyl (C=O) groups is 2. The van der Waals surface area contributed by atoms with Gasteiger partial charge >= 0.3 is 0 Å². The third-order valence-electron chi connectivity index (χ3n) is 6.34. The highest BCUT2D eigenvalue weighted by Gasteiger charge is 2.51. The fourth-order valence-corrected chi connectivity index (χ4v) is 6.63. The number of hydrogen-bond donors (Lipinski definition) is 1. The first kappa shape index (κ1) is 24.9. The van der Waals surface area contributed by atoms with Gasteiger partial charge in [-0.25, -0.2) is 21.5 Å². The molecule has 2 N–H and O–H groups in total. The molecule has 190 valence electrons. The zero-order valence-electron chi connectivity index (χ0n) is 18.6. The van der Waals surface area contributed by atoms with Crippen molar-refractivity contribution < 1.29 is 26.8 Å². The van der Waals surface area contributed by atoms with E-state index in [-0.39, 0.29) is 45.3 Å². The fourth-order valence-electron chi connectivity index (χ4n) is 4.40. The third kappa shape index (κ3) is 4.23. The van der Waals surface area contributed by atoms with Crippen LogP contribution in [0.1, 0.15) is 18.4 Å². The van der Waals surface area contributed by atoms with Gasteiger partial charge in [-0.15, -0.1) is 0 Å². The Balaban J connectivity index is 1.61. The zero-order chi connectivity index (χ0) is 25.9. The summed E-state index contributed by atoms with van der Waals surface area (Å²) in [6.07, 6.45) is 2.57. The number of nitrogens with two attached hydrogens (primary N) is 1. The molecular formula is C23H20Cl2F2N4O4S. The molecule has 1 saturated carbocycles. The molecule has 2 unspecified atom stereocenters. The molecule has 1 aliphatic carbocycles. The molecule has 36 heavy (non-hydrogen) atoms. The number of rotatable bonds is 5. The standard InChI is InChI=1S/C23H20Cl2F2N4O4S/c24-13-2-6-20(15(25)9-13)36(34,35)30-10-18(28)22(32)31-19(8-12-1-5-16(26)17(27)7-12)23(33)29(11-21(30)31)14-3-4-14/h1-2,5-7,9,11,14,18-19H,3-4,8,10,28H2. The van der Waals surface area contributed by atoms with Gasteiger partial charge in [0.05, 0.1) is 11.6 Å². The summed E-state index contributed by atoms with van der Waals surface area (Å²) in [5.41, 5.74) is 6.31. The summed E-state index contributed by atoms with van der Waals surface area (Å²) < 4.78 is 55.8. The van der Waals surface area contributed by atoms with Gasteiger partial charge in [0.1, 0.15) is 22.8 Å². The molecule has 0 radical (unpaired) electrons. The van der Waals surface area contributed by atoms with Crippen molar-refractivity contribution in [3.63, 3.8) is 0 Å². The van der Waals surface area contributed by atoms with E-state index in [1.54, 1.807) is 0 Å². The maximum Gasteiger partial charge on any atom is 0.267 e. The number of sulfonamides is 1. The third-order valence-corrected chi connectivity index (χ3v) is 8.83. The van der Waals surface area contributed by atoms with Crippen molar-refractivity contribution in [3.8, 4) is 0 Å². The number of carbonyl (C=O) groups excluding carboxylic acids is 2. The van der Waals surface area contributed by atoms with Crippen molar-refractivity contribution in [1.29, 1.82) is 0 Å². The van der Waals surface area contributed by atoms with E-state index in [9.17, 15) is 26.8 Å². The molecule has 2 aromatic carbocycles. The van der Waals surface area contributed by atoms with E-state index in [0.717, 1.165) is 21.3 Å². The smallest absolute Gasteiger partial charge is 0.267 e. The van der Waals surface area contributed by atoms with E-state index in [1.165, 1.54) is 35.4 Å². The monoisotopic (exact) mass is 556 g/mol. The Bertz CT molecular complexity index is 1420. The van der Waals surface area contributed by atoms with Crippen molar-refractivity contribution in [3.05, 3.63) is 75.7 Å². The van der Waals surface area contributed by atoms with Crippen LogP contribution in [0.15, 0.2) is 53.3 Å². The molecule has 0 spiro atoms. The van der Waals surface area contributed by atoms with E-state index < -0.39 is 45.6 Å². The molecule has 8 nitrogen and oxygen atoms in total. The Labute approximate surface area is 215 Å². The highest BCUT2D eigenvalue weighted by molar-refractivity contribution is 7.89.